The summed E-state index contributed by atoms with van der Waals surface area (Å²) in [6.07, 6.45) is 3.51. The fourth-order valence-electron chi connectivity index (χ4n) is 2.82. The van der Waals surface area contributed by atoms with Gasteiger partial charge in [0, 0.05) is 24.5 Å². The van der Waals surface area contributed by atoms with Crippen LogP contribution in [0.4, 0.5) is 0 Å². The van der Waals surface area contributed by atoms with Crippen LogP contribution in [0.15, 0.2) is 53.9 Å². The zero-order valence-electron chi connectivity index (χ0n) is 15.7. The van der Waals surface area contributed by atoms with Crippen LogP contribution in [-0.4, -0.2) is 38.0 Å². The summed E-state index contributed by atoms with van der Waals surface area (Å²) in [6.45, 7) is 6.84. The third-order valence-corrected chi connectivity index (χ3v) is 4.99. The number of pyridine rings is 1. The Morgan fingerprint density at radius 2 is 2.00 bits per heavy atom. The van der Waals surface area contributed by atoms with Crippen LogP contribution in [0.5, 0.6) is 0 Å². The number of thioether (sulfide) groups is 1. The molecule has 2 aromatic heterocycles. The molecule has 6 nitrogen and oxygen atoms in total. The van der Waals surface area contributed by atoms with Crippen molar-refractivity contribution in [1.29, 1.82) is 0 Å². The van der Waals surface area contributed by atoms with E-state index in [2.05, 4.69) is 46.5 Å². The van der Waals surface area contributed by atoms with Crippen LogP contribution in [0.1, 0.15) is 32.3 Å². The molecule has 3 aromatic rings. The van der Waals surface area contributed by atoms with Crippen LogP contribution in [-0.2, 0) is 4.79 Å². The third-order valence-electron chi connectivity index (χ3n) is 4.06. The van der Waals surface area contributed by atoms with E-state index < -0.39 is 0 Å². The number of benzene rings is 1. The Morgan fingerprint density at radius 1 is 1.19 bits per heavy atom. The lowest BCUT2D eigenvalue weighted by Gasteiger charge is -2.16. The molecule has 0 bridgehead atoms. The van der Waals surface area contributed by atoms with Crippen molar-refractivity contribution in [3.8, 4) is 17.1 Å². The van der Waals surface area contributed by atoms with Gasteiger partial charge in [0.25, 0.3) is 0 Å². The Kier molecular flexibility index (Phi) is 6.24. The number of aromatic nitrogens is 4. The monoisotopic (exact) mass is 381 g/mol. The van der Waals surface area contributed by atoms with Crippen molar-refractivity contribution in [2.75, 3.05) is 12.3 Å². The fraction of sp³-hybridized carbons (Fsp3) is 0.300. The van der Waals surface area contributed by atoms with Gasteiger partial charge < -0.3 is 5.32 Å². The van der Waals surface area contributed by atoms with E-state index in [0.717, 1.165) is 17.1 Å². The molecule has 0 unspecified atom stereocenters. The molecule has 0 aliphatic rings. The number of amides is 1. The van der Waals surface area contributed by atoms with Crippen molar-refractivity contribution < 1.29 is 4.79 Å². The number of carbonyl (C=O) groups is 1. The van der Waals surface area contributed by atoms with E-state index >= 15 is 0 Å². The molecule has 7 heteroatoms. The molecular formula is C20H23N5OS. The van der Waals surface area contributed by atoms with Crippen molar-refractivity contribution in [2.24, 2.45) is 0 Å². The molecule has 27 heavy (non-hydrogen) atoms. The Morgan fingerprint density at radius 3 is 2.70 bits per heavy atom. The van der Waals surface area contributed by atoms with Crippen molar-refractivity contribution >= 4 is 17.7 Å². The average molecular weight is 382 g/mol. The van der Waals surface area contributed by atoms with Gasteiger partial charge in [0.05, 0.1) is 11.4 Å². The van der Waals surface area contributed by atoms with Gasteiger partial charge in [0.15, 0.2) is 11.0 Å². The first-order chi connectivity index (χ1) is 13.1. The number of carbonyl (C=O) groups excluding carboxylic acids is 1. The summed E-state index contributed by atoms with van der Waals surface area (Å²) in [6, 6.07) is 12.1. The van der Waals surface area contributed by atoms with E-state index in [1.54, 1.807) is 12.4 Å². The zero-order valence-corrected chi connectivity index (χ0v) is 16.5. The Labute approximate surface area is 163 Å². The summed E-state index contributed by atoms with van der Waals surface area (Å²) in [4.78, 5) is 16.1. The molecule has 0 saturated carbocycles. The van der Waals surface area contributed by atoms with Gasteiger partial charge in [-0.1, -0.05) is 43.8 Å². The first-order valence-electron chi connectivity index (χ1n) is 8.96. The largest absolute Gasteiger partial charge is 0.356 e. The van der Waals surface area contributed by atoms with Gasteiger partial charge >= 0.3 is 0 Å². The minimum atomic E-state index is -0.0166. The highest BCUT2D eigenvalue weighted by Gasteiger charge is 2.20. The second kappa shape index (κ2) is 8.81. The number of nitrogens with one attached hydrogen (secondary N) is 1. The van der Waals surface area contributed by atoms with E-state index in [1.807, 2.05) is 35.8 Å². The van der Waals surface area contributed by atoms with Crippen molar-refractivity contribution in [3.63, 3.8) is 0 Å². The van der Waals surface area contributed by atoms with Crippen LogP contribution >= 0.6 is 11.8 Å². The predicted molar refractivity (Wildman–Crippen MR) is 108 cm³/mol. The summed E-state index contributed by atoms with van der Waals surface area (Å²) in [5.41, 5.74) is 3.10. The fourth-order valence-corrected chi connectivity index (χ4v) is 3.59. The second-order valence-corrected chi connectivity index (χ2v) is 7.28. The Balaban J connectivity index is 2.09. The predicted octanol–water partition coefficient (Wildman–Crippen LogP) is 3.68. The number of nitrogens with zero attached hydrogens (tertiary/aromatic N) is 4. The first-order valence-corrected chi connectivity index (χ1v) is 9.95. The van der Waals surface area contributed by atoms with Crippen molar-refractivity contribution in [3.05, 3.63) is 54.4 Å². The number of rotatable bonds is 7. The Bertz CT molecular complexity index is 908. The molecule has 0 atom stereocenters. The maximum Gasteiger partial charge on any atom is 0.230 e. The molecule has 2 heterocycles. The highest BCUT2D eigenvalue weighted by atomic mass is 32.2. The highest BCUT2D eigenvalue weighted by molar-refractivity contribution is 7.99. The molecule has 0 aliphatic carbocycles. The molecule has 3 rings (SSSR count). The number of hydrogen-bond donors (Lipinski definition) is 1. The number of para-hydroxylation sites is 1. The van der Waals surface area contributed by atoms with Crippen LogP contribution < -0.4 is 5.32 Å². The molecular weight excluding hydrogens is 358 g/mol. The normalized spacial score (nSPS) is 11.0. The standard InChI is InChI=1S/C20H23N5OS/c1-4-22-18(26)13-27-20-24-23-19(15-8-7-11-21-12-15)25(20)17-10-6-5-9-16(17)14(2)3/h5-12,14H,4,13H2,1-3H3,(H,22,26). The van der Waals surface area contributed by atoms with Gasteiger partial charge in [-0.25, -0.2) is 0 Å². The van der Waals surface area contributed by atoms with Crippen LogP contribution in [0.2, 0.25) is 0 Å². The minimum Gasteiger partial charge on any atom is -0.356 e. The first kappa shape index (κ1) is 19.1. The minimum absolute atomic E-state index is 0.0166. The summed E-state index contributed by atoms with van der Waals surface area (Å²) in [7, 11) is 0. The molecule has 0 radical (unpaired) electrons. The van der Waals surface area contributed by atoms with Crippen LogP contribution in [0.3, 0.4) is 0 Å². The third kappa shape index (κ3) is 4.36. The zero-order chi connectivity index (χ0) is 19.2. The van der Waals surface area contributed by atoms with Gasteiger partial charge in [-0.05, 0) is 36.6 Å². The van der Waals surface area contributed by atoms with E-state index in [4.69, 9.17) is 0 Å². The molecule has 0 saturated heterocycles. The van der Waals surface area contributed by atoms with E-state index in [9.17, 15) is 4.79 Å². The van der Waals surface area contributed by atoms with Crippen molar-refractivity contribution in [1.82, 2.24) is 25.1 Å². The van der Waals surface area contributed by atoms with E-state index in [0.29, 0.717) is 23.4 Å². The highest BCUT2D eigenvalue weighted by Crippen LogP contribution is 2.31. The summed E-state index contributed by atoms with van der Waals surface area (Å²) in [5, 5.41) is 12.3. The second-order valence-electron chi connectivity index (χ2n) is 6.34. The van der Waals surface area contributed by atoms with Gasteiger partial charge in [0.1, 0.15) is 0 Å². The molecule has 1 amide bonds. The topological polar surface area (TPSA) is 72.7 Å². The molecule has 0 spiro atoms. The maximum atomic E-state index is 11.9. The molecule has 140 valence electrons. The average Bonchev–Trinajstić information content (AvgIpc) is 3.11. The molecule has 1 N–H and O–H groups in total. The van der Waals surface area contributed by atoms with E-state index in [1.165, 1.54) is 17.3 Å². The number of hydrogen-bond acceptors (Lipinski definition) is 5. The van der Waals surface area contributed by atoms with Crippen molar-refractivity contribution in [2.45, 2.75) is 31.8 Å². The quantitative estimate of drug-likeness (QED) is 0.632. The smallest absolute Gasteiger partial charge is 0.230 e. The molecule has 1 aromatic carbocycles. The van der Waals surface area contributed by atoms with Gasteiger partial charge in [-0.15, -0.1) is 10.2 Å². The Hall–Kier alpha value is -2.67. The summed E-state index contributed by atoms with van der Waals surface area (Å²) in [5.74, 6) is 1.33. The van der Waals surface area contributed by atoms with E-state index in [-0.39, 0.29) is 5.91 Å². The summed E-state index contributed by atoms with van der Waals surface area (Å²) >= 11 is 1.38. The van der Waals surface area contributed by atoms with Crippen LogP contribution in [0, 0.1) is 0 Å². The van der Waals surface area contributed by atoms with Gasteiger partial charge in [0.2, 0.25) is 5.91 Å². The lowest BCUT2D eigenvalue weighted by molar-refractivity contribution is -0.118. The van der Waals surface area contributed by atoms with Gasteiger partial charge in [-0.2, -0.15) is 0 Å². The van der Waals surface area contributed by atoms with Gasteiger partial charge in [-0.3, -0.25) is 14.3 Å². The lowest BCUT2D eigenvalue weighted by atomic mass is 10.0. The van der Waals surface area contributed by atoms with Crippen LogP contribution in [0.25, 0.3) is 17.1 Å². The maximum absolute atomic E-state index is 11.9. The SMILES string of the molecule is CCNC(=O)CSc1nnc(-c2cccnc2)n1-c1ccccc1C(C)C. The summed E-state index contributed by atoms with van der Waals surface area (Å²) < 4.78 is 2.02. The molecule has 0 aliphatic heterocycles. The molecule has 0 fully saturated rings. The lowest BCUT2D eigenvalue weighted by Crippen LogP contribution is -2.24.